The van der Waals surface area contributed by atoms with Crippen molar-refractivity contribution >= 4 is 29.2 Å². The predicted molar refractivity (Wildman–Crippen MR) is 167 cm³/mol. The summed E-state index contributed by atoms with van der Waals surface area (Å²) in [6.45, 7) is 14.6. The monoisotopic (exact) mass is 575 g/mol. The van der Waals surface area contributed by atoms with E-state index in [9.17, 15) is 19.1 Å². The fourth-order valence-corrected chi connectivity index (χ4v) is 5.46. The largest absolute Gasteiger partial charge is 0.390 e. The van der Waals surface area contributed by atoms with E-state index in [1.54, 1.807) is 36.4 Å². The average Bonchev–Trinajstić information content (AvgIpc) is 3.45. The van der Waals surface area contributed by atoms with Crippen LogP contribution in [0.3, 0.4) is 0 Å². The molecule has 2 amide bonds. The molecule has 0 saturated heterocycles. The van der Waals surface area contributed by atoms with Crippen molar-refractivity contribution in [3.8, 4) is 11.1 Å². The molecule has 42 heavy (non-hydrogen) atoms. The fraction of sp³-hybridized carbons (Fsp3) is 0.394. The summed E-state index contributed by atoms with van der Waals surface area (Å²) in [5.74, 6) is -0.815. The molecule has 0 spiro atoms. The van der Waals surface area contributed by atoms with Crippen molar-refractivity contribution in [1.82, 2.24) is 20.5 Å². The van der Waals surface area contributed by atoms with Crippen molar-refractivity contribution in [1.29, 1.82) is 0 Å². The third-order valence-corrected chi connectivity index (χ3v) is 7.63. The Bertz CT molecular complexity index is 1460. The maximum atomic E-state index is 13.9. The number of halogens is 1. The van der Waals surface area contributed by atoms with Crippen LogP contribution in [0.15, 0.2) is 42.5 Å². The summed E-state index contributed by atoms with van der Waals surface area (Å²) in [6.07, 6.45) is 1.26. The summed E-state index contributed by atoms with van der Waals surface area (Å²) in [4.78, 5) is 31.5. The number of likely N-dealkylation sites (N-methyl/N-ethyl adjacent to an activating group) is 1. The first-order valence-electron chi connectivity index (χ1n) is 14.6. The molecule has 1 aromatic heterocycles. The molecule has 1 aliphatic heterocycles. The number of carbonyl (C=O) groups excluding carboxylic acids is 2. The number of nitrogens with zero attached hydrogens (tertiary/aromatic N) is 1. The molecule has 0 bridgehead atoms. The molecule has 0 aliphatic carbocycles. The van der Waals surface area contributed by atoms with Crippen LogP contribution in [0.25, 0.3) is 22.8 Å². The van der Waals surface area contributed by atoms with Gasteiger partial charge in [-0.15, -0.1) is 0 Å². The number of hydrogen-bond donors (Lipinski definition) is 5. The summed E-state index contributed by atoms with van der Waals surface area (Å²) in [6, 6.07) is 11.3. The zero-order chi connectivity index (χ0) is 30.6. The molecule has 2 heterocycles. The highest BCUT2D eigenvalue weighted by Crippen LogP contribution is 2.39. The molecule has 0 saturated carbocycles. The molecule has 0 fully saturated rings. The summed E-state index contributed by atoms with van der Waals surface area (Å²) in [7, 11) is 0. The van der Waals surface area contributed by atoms with Crippen LogP contribution in [0.2, 0.25) is 0 Å². The molecule has 224 valence electrons. The number of aryl methyl sites for hydroxylation is 1. The molecule has 3 aromatic rings. The van der Waals surface area contributed by atoms with Crippen LogP contribution in [0.1, 0.15) is 73.5 Å². The number of anilines is 1. The zero-order valence-electron chi connectivity index (χ0n) is 25.3. The van der Waals surface area contributed by atoms with E-state index < -0.39 is 6.10 Å². The Morgan fingerprint density at radius 2 is 1.79 bits per heavy atom. The minimum atomic E-state index is -0.539. The Hall–Kier alpha value is -3.79. The van der Waals surface area contributed by atoms with Crippen LogP contribution >= 0.6 is 0 Å². The van der Waals surface area contributed by atoms with Gasteiger partial charge < -0.3 is 30.9 Å². The Morgan fingerprint density at radius 1 is 1.10 bits per heavy atom. The van der Waals surface area contributed by atoms with Gasteiger partial charge in [-0.3, -0.25) is 9.59 Å². The molecular formula is C33H42FN5O3. The fourth-order valence-electron chi connectivity index (χ4n) is 5.46. The van der Waals surface area contributed by atoms with Crippen molar-refractivity contribution in [3.63, 3.8) is 0 Å². The Balaban J connectivity index is 1.73. The highest BCUT2D eigenvalue weighted by molar-refractivity contribution is 6.35. The maximum absolute atomic E-state index is 13.9. The van der Waals surface area contributed by atoms with Gasteiger partial charge in [-0.2, -0.15) is 0 Å². The second-order valence-corrected chi connectivity index (χ2v) is 11.1. The zero-order valence-corrected chi connectivity index (χ0v) is 25.3. The summed E-state index contributed by atoms with van der Waals surface area (Å²) >= 11 is 0. The molecule has 1 aliphatic rings. The molecule has 2 aromatic carbocycles. The minimum Gasteiger partial charge on any atom is -0.390 e. The standard InChI is InChI=1S/C33H42FN5O3/c1-7-39(8-2)18-25(40)17-35-20(5)30-21(6)37-29(31(30)22-9-12-24(34)13-10-22)16-27-26-15-23(32(41)36-19(3)4)11-14-28(26)38-33(27)42/h9-16,19-20,25,35,37,40H,7-8,17-18H2,1-6H3,(H,36,41)(H,38,42)/b27-16-. The number of rotatable bonds is 12. The van der Waals surface area contributed by atoms with Gasteiger partial charge in [0.25, 0.3) is 11.8 Å². The second-order valence-electron chi connectivity index (χ2n) is 11.1. The van der Waals surface area contributed by atoms with Gasteiger partial charge in [0.2, 0.25) is 0 Å². The number of benzene rings is 2. The second kappa shape index (κ2) is 13.5. The van der Waals surface area contributed by atoms with Gasteiger partial charge >= 0.3 is 0 Å². The van der Waals surface area contributed by atoms with E-state index in [2.05, 4.69) is 39.7 Å². The van der Waals surface area contributed by atoms with Gasteiger partial charge in [0, 0.05) is 58.9 Å². The number of aromatic nitrogens is 1. The maximum Gasteiger partial charge on any atom is 0.256 e. The molecule has 2 atom stereocenters. The molecule has 5 N–H and O–H groups in total. The van der Waals surface area contributed by atoms with Crippen molar-refractivity contribution in [2.75, 3.05) is 31.5 Å². The van der Waals surface area contributed by atoms with Gasteiger partial charge in [0.05, 0.1) is 11.7 Å². The Morgan fingerprint density at radius 3 is 2.43 bits per heavy atom. The number of fused-ring (bicyclic) bond motifs is 1. The van der Waals surface area contributed by atoms with Crippen molar-refractivity contribution < 1.29 is 19.1 Å². The Kier molecular flexibility index (Phi) is 9.98. The molecule has 9 heteroatoms. The van der Waals surface area contributed by atoms with E-state index in [1.807, 2.05) is 27.7 Å². The lowest BCUT2D eigenvalue weighted by Gasteiger charge is -2.24. The third-order valence-electron chi connectivity index (χ3n) is 7.63. The van der Waals surface area contributed by atoms with Gasteiger partial charge in [-0.1, -0.05) is 26.0 Å². The minimum absolute atomic E-state index is 0.0203. The molecule has 2 unspecified atom stereocenters. The van der Waals surface area contributed by atoms with Crippen LogP contribution in [0.5, 0.6) is 0 Å². The first kappa shape index (κ1) is 31.2. The van der Waals surface area contributed by atoms with Crippen LogP contribution < -0.4 is 16.0 Å². The lowest BCUT2D eigenvalue weighted by atomic mass is 9.94. The van der Waals surface area contributed by atoms with Crippen LogP contribution in [0.4, 0.5) is 10.1 Å². The number of nitrogens with one attached hydrogen (secondary N) is 4. The molecule has 8 nitrogen and oxygen atoms in total. The summed E-state index contributed by atoms with van der Waals surface area (Å²) < 4.78 is 13.9. The molecular weight excluding hydrogens is 533 g/mol. The average molecular weight is 576 g/mol. The van der Waals surface area contributed by atoms with Gasteiger partial charge in [0.1, 0.15) is 5.82 Å². The highest BCUT2D eigenvalue weighted by atomic mass is 19.1. The number of carbonyl (C=O) groups is 2. The summed E-state index contributed by atoms with van der Waals surface area (Å²) in [5.41, 5.74) is 6.36. The van der Waals surface area contributed by atoms with Crippen LogP contribution in [-0.2, 0) is 4.79 Å². The molecule has 0 radical (unpaired) electrons. The number of amides is 2. The van der Waals surface area contributed by atoms with Gasteiger partial charge in [-0.05, 0) is 88.3 Å². The first-order valence-corrected chi connectivity index (χ1v) is 14.6. The SMILES string of the molecule is CCN(CC)CC(O)CNC(C)c1c(C)[nH]c(/C=C2\C(=O)Nc3ccc(C(=O)NC(C)C)cc32)c1-c1ccc(F)cc1. The van der Waals surface area contributed by atoms with Crippen LogP contribution in [-0.4, -0.2) is 65.1 Å². The van der Waals surface area contributed by atoms with Crippen LogP contribution in [0, 0.1) is 12.7 Å². The Labute approximate surface area is 247 Å². The predicted octanol–water partition coefficient (Wildman–Crippen LogP) is 5.11. The first-order chi connectivity index (χ1) is 20.0. The smallest absolute Gasteiger partial charge is 0.256 e. The van der Waals surface area contributed by atoms with E-state index in [4.69, 9.17) is 0 Å². The number of aromatic amines is 1. The lowest BCUT2D eigenvalue weighted by molar-refractivity contribution is -0.110. The molecule has 4 rings (SSSR count). The normalized spacial score (nSPS) is 15.3. The van der Waals surface area contributed by atoms with Crippen molar-refractivity contribution in [3.05, 3.63) is 76.4 Å². The number of aliphatic hydroxyl groups is 1. The van der Waals surface area contributed by atoms with E-state index in [0.29, 0.717) is 41.2 Å². The number of H-pyrrole nitrogens is 1. The third kappa shape index (κ3) is 6.98. The quantitative estimate of drug-likeness (QED) is 0.193. The van der Waals surface area contributed by atoms with Crippen molar-refractivity contribution in [2.45, 2.75) is 59.7 Å². The number of hydrogen-bond acceptors (Lipinski definition) is 5. The lowest BCUT2D eigenvalue weighted by Crippen LogP contribution is -2.39. The van der Waals surface area contributed by atoms with Crippen molar-refractivity contribution in [2.24, 2.45) is 0 Å². The number of aliphatic hydroxyl groups excluding tert-OH is 1. The van der Waals surface area contributed by atoms with E-state index >= 15 is 0 Å². The summed E-state index contributed by atoms with van der Waals surface area (Å²) in [5, 5.41) is 19.9. The van der Waals surface area contributed by atoms with Gasteiger partial charge in [0.15, 0.2) is 0 Å². The van der Waals surface area contributed by atoms with Gasteiger partial charge in [-0.25, -0.2) is 4.39 Å². The highest BCUT2D eigenvalue weighted by Gasteiger charge is 2.28. The topological polar surface area (TPSA) is 109 Å². The van der Waals surface area contributed by atoms with E-state index in [-0.39, 0.29) is 29.7 Å². The van der Waals surface area contributed by atoms with E-state index in [0.717, 1.165) is 35.5 Å². The van der Waals surface area contributed by atoms with E-state index in [1.165, 1.54) is 12.1 Å².